The molecule has 0 aliphatic heterocycles. The van der Waals surface area contributed by atoms with Gasteiger partial charge in [0.1, 0.15) is 0 Å². The highest BCUT2D eigenvalue weighted by molar-refractivity contribution is 7.09. The van der Waals surface area contributed by atoms with Crippen LogP contribution in [0.4, 0.5) is 0 Å². The quantitative estimate of drug-likeness (QED) is 0.327. The lowest BCUT2D eigenvalue weighted by atomic mass is 10.1. The Balaban J connectivity index is 2.11. The number of carbonyl (C=O) groups is 2. The standard InChI is InChI=1S/C26H38N2O5S/c1-5-6-7-10-25(29)28(15-16-31-2)20-26(30)27(19-22-9-8-17-34-22)14-13-21-11-12-23(32-3)24(18-21)33-4/h8-9,11-12,17-18H,5-7,10,13-16,19-20H2,1-4H3. The molecule has 1 heterocycles. The Morgan fingerprint density at radius 2 is 1.74 bits per heavy atom. The van der Waals surface area contributed by atoms with Gasteiger partial charge in [0.15, 0.2) is 11.5 Å². The van der Waals surface area contributed by atoms with E-state index in [9.17, 15) is 9.59 Å². The molecule has 8 heteroatoms. The highest BCUT2D eigenvalue weighted by Crippen LogP contribution is 2.28. The second-order valence-electron chi connectivity index (χ2n) is 8.10. The van der Waals surface area contributed by atoms with Crippen LogP contribution in [0.5, 0.6) is 11.5 Å². The normalized spacial score (nSPS) is 10.7. The maximum absolute atomic E-state index is 13.4. The molecule has 0 aliphatic carbocycles. The maximum atomic E-state index is 13.4. The summed E-state index contributed by atoms with van der Waals surface area (Å²) in [6.07, 6.45) is 4.02. The van der Waals surface area contributed by atoms with Crippen molar-refractivity contribution in [2.24, 2.45) is 0 Å². The van der Waals surface area contributed by atoms with E-state index >= 15 is 0 Å². The first-order valence-electron chi connectivity index (χ1n) is 11.8. The van der Waals surface area contributed by atoms with Crippen LogP contribution < -0.4 is 9.47 Å². The lowest BCUT2D eigenvalue weighted by molar-refractivity contribution is -0.141. The summed E-state index contributed by atoms with van der Waals surface area (Å²) < 4.78 is 15.9. The van der Waals surface area contributed by atoms with Crippen LogP contribution in [0, 0.1) is 0 Å². The molecule has 0 N–H and O–H groups in total. The number of rotatable bonds is 16. The highest BCUT2D eigenvalue weighted by atomic mass is 32.1. The van der Waals surface area contributed by atoms with E-state index in [1.54, 1.807) is 37.6 Å². The maximum Gasteiger partial charge on any atom is 0.242 e. The van der Waals surface area contributed by atoms with E-state index in [1.807, 2.05) is 40.6 Å². The third-order valence-electron chi connectivity index (χ3n) is 5.64. The van der Waals surface area contributed by atoms with Crippen molar-refractivity contribution in [3.63, 3.8) is 0 Å². The summed E-state index contributed by atoms with van der Waals surface area (Å²) in [5.41, 5.74) is 1.05. The summed E-state index contributed by atoms with van der Waals surface area (Å²) in [7, 11) is 4.83. The number of hydrogen-bond donors (Lipinski definition) is 0. The molecule has 2 aromatic rings. The van der Waals surface area contributed by atoms with E-state index in [0.29, 0.717) is 50.6 Å². The Labute approximate surface area is 207 Å². The summed E-state index contributed by atoms with van der Waals surface area (Å²) in [6, 6.07) is 9.81. The Morgan fingerprint density at radius 1 is 0.941 bits per heavy atom. The van der Waals surface area contributed by atoms with Gasteiger partial charge in [-0.3, -0.25) is 9.59 Å². The Bertz CT molecular complexity index is 872. The first-order chi connectivity index (χ1) is 16.5. The topological polar surface area (TPSA) is 68.3 Å². The number of methoxy groups -OCH3 is 3. The van der Waals surface area contributed by atoms with Gasteiger partial charge in [0.25, 0.3) is 0 Å². The molecule has 7 nitrogen and oxygen atoms in total. The van der Waals surface area contributed by atoms with E-state index in [0.717, 1.165) is 29.7 Å². The number of hydrogen-bond acceptors (Lipinski definition) is 6. The Kier molecular flexibility index (Phi) is 12.5. The van der Waals surface area contributed by atoms with Crippen molar-refractivity contribution in [1.29, 1.82) is 0 Å². The molecule has 2 rings (SSSR count). The molecule has 0 unspecified atom stereocenters. The number of thiophene rings is 1. The molecule has 0 saturated heterocycles. The zero-order valence-electron chi connectivity index (χ0n) is 20.9. The first-order valence-corrected chi connectivity index (χ1v) is 12.7. The van der Waals surface area contributed by atoms with Gasteiger partial charge in [-0.15, -0.1) is 11.3 Å². The molecule has 0 atom stereocenters. The Morgan fingerprint density at radius 3 is 2.38 bits per heavy atom. The number of carbonyl (C=O) groups excluding carboxylic acids is 2. The minimum absolute atomic E-state index is 0.00909. The van der Waals surface area contributed by atoms with E-state index in [4.69, 9.17) is 14.2 Å². The fourth-order valence-electron chi connectivity index (χ4n) is 3.62. The second kappa shape index (κ2) is 15.3. The molecule has 1 aromatic carbocycles. The molecular weight excluding hydrogens is 452 g/mol. The summed E-state index contributed by atoms with van der Waals surface area (Å²) in [5, 5.41) is 2.01. The van der Waals surface area contributed by atoms with Crippen LogP contribution in [0.1, 0.15) is 43.0 Å². The average molecular weight is 491 g/mol. The van der Waals surface area contributed by atoms with E-state index in [-0.39, 0.29) is 18.4 Å². The molecule has 2 amide bonds. The van der Waals surface area contributed by atoms with E-state index in [1.165, 1.54) is 0 Å². The predicted octanol–water partition coefficient (Wildman–Crippen LogP) is 4.39. The van der Waals surface area contributed by atoms with E-state index < -0.39 is 0 Å². The van der Waals surface area contributed by atoms with Crippen molar-refractivity contribution in [3.8, 4) is 11.5 Å². The third-order valence-corrected chi connectivity index (χ3v) is 6.50. The first kappa shape index (κ1) is 27.7. The predicted molar refractivity (Wildman–Crippen MR) is 136 cm³/mol. The summed E-state index contributed by atoms with van der Waals surface area (Å²) in [5.74, 6) is 1.29. The summed E-state index contributed by atoms with van der Waals surface area (Å²) >= 11 is 1.62. The van der Waals surface area contributed by atoms with Crippen molar-refractivity contribution in [1.82, 2.24) is 9.80 Å². The van der Waals surface area contributed by atoms with Crippen LogP contribution in [0.15, 0.2) is 35.7 Å². The number of benzene rings is 1. The molecule has 0 spiro atoms. The molecular formula is C26H38N2O5S. The zero-order chi connectivity index (χ0) is 24.8. The average Bonchev–Trinajstić information content (AvgIpc) is 3.37. The van der Waals surface area contributed by atoms with Gasteiger partial charge in [-0.05, 0) is 42.0 Å². The lowest BCUT2D eigenvalue weighted by Crippen LogP contribution is -2.44. The van der Waals surface area contributed by atoms with Crippen molar-refractivity contribution in [3.05, 3.63) is 46.2 Å². The molecule has 0 radical (unpaired) electrons. The molecule has 0 aliphatic rings. The van der Waals surface area contributed by atoms with Gasteiger partial charge in [-0.1, -0.05) is 31.9 Å². The fourth-order valence-corrected chi connectivity index (χ4v) is 4.34. The SMILES string of the molecule is CCCCCC(=O)N(CCOC)CC(=O)N(CCc1ccc(OC)c(OC)c1)Cc1cccs1. The lowest BCUT2D eigenvalue weighted by Gasteiger charge is -2.27. The molecule has 0 saturated carbocycles. The largest absolute Gasteiger partial charge is 0.493 e. The molecule has 0 bridgehead atoms. The number of nitrogens with zero attached hydrogens (tertiary/aromatic N) is 2. The zero-order valence-corrected chi connectivity index (χ0v) is 21.7. The van der Waals surface area contributed by atoms with Gasteiger partial charge in [0.05, 0.1) is 33.9 Å². The van der Waals surface area contributed by atoms with Crippen LogP contribution in [0.3, 0.4) is 0 Å². The molecule has 1 aromatic heterocycles. The van der Waals surface area contributed by atoms with Crippen molar-refractivity contribution in [2.45, 2.75) is 45.6 Å². The number of unbranched alkanes of at least 4 members (excludes halogenated alkanes) is 2. The van der Waals surface area contributed by atoms with Crippen molar-refractivity contribution in [2.75, 3.05) is 47.6 Å². The van der Waals surface area contributed by atoms with Gasteiger partial charge in [0.2, 0.25) is 11.8 Å². The molecule has 188 valence electrons. The van der Waals surface area contributed by atoms with Crippen LogP contribution in [-0.4, -0.2) is 69.2 Å². The van der Waals surface area contributed by atoms with Crippen molar-refractivity contribution < 1.29 is 23.8 Å². The van der Waals surface area contributed by atoms with Gasteiger partial charge in [-0.25, -0.2) is 0 Å². The van der Waals surface area contributed by atoms with Gasteiger partial charge in [0, 0.05) is 31.5 Å². The minimum Gasteiger partial charge on any atom is -0.493 e. The number of ether oxygens (including phenoxy) is 3. The highest BCUT2D eigenvalue weighted by Gasteiger charge is 2.21. The smallest absolute Gasteiger partial charge is 0.242 e. The van der Waals surface area contributed by atoms with Crippen LogP contribution in [-0.2, 0) is 27.3 Å². The fraction of sp³-hybridized carbons (Fsp3) is 0.538. The van der Waals surface area contributed by atoms with Crippen LogP contribution >= 0.6 is 11.3 Å². The van der Waals surface area contributed by atoms with Crippen LogP contribution in [0.2, 0.25) is 0 Å². The second-order valence-corrected chi connectivity index (χ2v) is 9.13. The Hall–Kier alpha value is -2.58. The van der Waals surface area contributed by atoms with Crippen LogP contribution in [0.25, 0.3) is 0 Å². The summed E-state index contributed by atoms with van der Waals surface area (Å²) in [6.45, 7) is 4.04. The monoisotopic (exact) mass is 490 g/mol. The van der Waals surface area contributed by atoms with Crippen molar-refractivity contribution >= 4 is 23.2 Å². The summed E-state index contributed by atoms with van der Waals surface area (Å²) in [4.78, 5) is 30.7. The number of amides is 2. The van der Waals surface area contributed by atoms with Gasteiger partial charge in [-0.2, -0.15) is 0 Å². The van der Waals surface area contributed by atoms with E-state index in [2.05, 4.69) is 6.92 Å². The van der Waals surface area contributed by atoms with Gasteiger partial charge >= 0.3 is 0 Å². The molecule has 34 heavy (non-hydrogen) atoms. The third kappa shape index (κ3) is 8.99. The van der Waals surface area contributed by atoms with Gasteiger partial charge < -0.3 is 24.0 Å². The minimum atomic E-state index is -0.0613. The molecule has 0 fully saturated rings.